The van der Waals surface area contributed by atoms with Crippen molar-refractivity contribution >= 4 is 37.6 Å². The van der Waals surface area contributed by atoms with Gasteiger partial charge >= 0.3 is 6.09 Å². The minimum atomic E-state index is -3.63. The monoisotopic (exact) mass is 517 g/mol. The minimum absolute atomic E-state index is 0.00723. The van der Waals surface area contributed by atoms with Crippen LogP contribution in [0.1, 0.15) is 46.7 Å². The molecule has 196 valence electrons. The van der Waals surface area contributed by atoms with Crippen LogP contribution in [0, 0.1) is 12.8 Å². The van der Waals surface area contributed by atoms with E-state index in [9.17, 15) is 18.0 Å². The number of aromatic nitrogens is 2. The first-order chi connectivity index (χ1) is 16.6. The van der Waals surface area contributed by atoms with Gasteiger partial charge in [-0.1, -0.05) is 6.92 Å². The van der Waals surface area contributed by atoms with Crippen LogP contribution in [-0.4, -0.2) is 48.6 Å². The van der Waals surface area contributed by atoms with Crippen molar-refractivity contribution in [1.29, 1.82) is 0 Å². The summed E-state index contributed by atoms with van der Waals surface area (Å²) in [5, 5.41) is 4.54. The Morgan fingerprint density at radius 1 is 1.19 bits per heavy atom. The van der Waals surface area contributed by atoms with Gasteiger partial charge in [-0.15, -0.1) is 0 Å². The highest BCUT2D eigenvalue weighted by Gasteiger charge is 2.22. The van der Waals surface area contributed by atoms with Crippen molar-refractivity contribution < 1.29 is 22.7 Å². The van der Waals surface area contributed by atoms with E-state index in [1.54, 1.807) is 59.1 Å². The van der Waals surface area contributed by atoms with E-state index in [1.807, 2.05) is 13.8 Å². The first kappa shape index (κ1) is 27.4. The van der Waals surface area contributed by atoms with Gasteiger partial charge in [0.2, 0.25) is 0 Å². The molecule has 0 spiro atoms. The Balaban J connectivity index is 1.91. The van der Waals surface area contributed by atoms with Gasteiger partial charge in [0.25, 0.3) is 5.56 Å². The molecule has 0 fully saturated rings. The molecule has 10 heteroatoms. The average Bonchev–Trinajstić information content (AvgIpc) is 2.73. The molecule has 36 heavy (non-hydrogen) atoms. The Kier molecular flexibility index (Phi) is 7.69. The van der Waals surface area contributed by atoms with E-state index in [-0.39, 0.29) is 34.8 Å². The van der Waals surface area contributed by atoms with Crippen LogP contribution in [0.3, 0.4) is 0 Å². The molecule has 0 aliphatic carbocycles. The minimum Gasteiger partial charge on any atom is -0.492 e. The Labute approximate surface area is 211 Å². The molecule has 0 radical (unpaired) electrons. The average molecular weight is 518 g/mol. The van der Waals surface area contributed by atoms with Crippen LogP contribution >= 0.6 is 0 Å². The summed E-state index contributed by atoms with van der Waals surface area (Å²) in [5.74, 6) is 0.178. The largest absolute Gasteiger partial charge is 0.492 e. The summed E-state index contributed by atoms with van der Waals surface area (Å²) in [4.78, 5) is 29.3. The van der Waals surface area contributed by atoms with Crippen molar-refractivity contribution in [3.05, 3.63) is 40.4 Å². The lowest BCUT2D eigenvalue weighted by Gasteiger charge is -2.23. The Bertz CT molecular complexity index is 1470. The number of nitrogens with one attached hydrogen (secondary N) is 1. The quantitative estimate of drug-likeness (QED) is 0.469. The molecule has 2 unspecified atom stereocenters. The van der Waals surface area contributed by atoms with Crippen LogP contribution in [-0.2, 0) is 21.6 Å². The number of aryl methyl sites for hydroxylation is 2. The summed E-state index contributed by atoms with van der Waals surface area (Å²) < 4.78 is 38.2. The lowest BCUT2D eigenvalue weighted by atomic mass is 10.0. The first-order valence-corrected chi connectivity index (χ1v) is 13.7. The number of pyridine rings is 2. The summed E-state index contributed by atoms with van der Waals surface area (Å²) in [7, 11) is -1.99. The molecular weight excluding hydrogens is 482 g/mol. The number of carbonyl (C=O) groups is 1. The molecule has 0 aliphatic heterocycles. The molecular formula is C26H35N3O6S. The highest BCUT2D eigenvalue weighted by molar-refractivity contribution is 7.90. The molecule has 1 amide bonds. The molecule has 2 atom stereocenters. The third-order valence-electron chi connectivity index (χ3n) is 5.81. The fourth-order valence-corrected chi connectivity index (χ4v) is 5.07. The maximum Gasteiger partial charge on any atom is 0.407 e. The number of fused-ring (bicyclic) bond motifs is 3. The molecule has 2 aromatic heterocycles. The molecule has 0 saturated heterocycles. The van der Waals surface area contributed by atoms with E-state index < -0.39 is 21.5 Å². The van der Waals surface area contributed by atoms with Gasteiger partial charge in [0.05, 0.1) is 23.2 Å². The number of amides is 1. The predicted octanol–water partition coefficient (Wildman–Crippen LogP) is 4.12. The van der Waals surface area contributed by atoms with Crippen LogP contribution in [0.15, 0.2) is 34.1 Å². The number of nitrogens with zero attached hydrogens (tertiary/aromatic N) is 2. The van der Waals surface area contributed by atoms with Crippen LogP contribution in [0.25, 0.3) is 21.7 Å². The lowest BCUT2D eigenvalue weighted by Crippen LogP contribution is -2.38. The highest BCUT2D eigenvalue weighted by atomic mass is 32.2. The number of ether oxygens (including phenoxy) is 2. The van der Waals surface area contributed by atoms with Crippen LogP contribution < -0.4 is 15.6 Å². The molecule has 0 bridgehead atoms. The summed E-state index contributed by atoms with van der Waals surface area (Å²) in [6, 6.07) is 4.73. The van der Waals surface area contributed by atoms with Gasteiger partial charge in [0.15, 0.2) is 9.84 Å². The van der Waals surface area contributed by atoms with E-state index in [0.29, 0.717) is 33.8 Å². The van der Waals surface area contributed by atoms with E-state index in [4.69, 9.17) is 9.47 Å². The third-order valence-corrected chi connectivity index (χ3v) is 6.93. The summed E-state index contributed by atoms with van der Waals surface area (Å²) in [6.45, 7) is 11.2. The van der Waals surface area contributed by atoms with Gasteiger partial charge in [0, 0.05) is 37.0 Å². The fraction of sp³-hybridized carbons (Fsp3) is 0.500. The number of hydrogen-bond donors (Lipinski definition) is 1. The first-order valence-electron chi connectivity index (χ1n) is 11.8. The normalized spacial score (nSPS) is 14.0. The van der Waals surface area contributed by atoms with Gasteiger partial charge in [-0.05, 0) is 64.5 Å². The van der Waals surface area contributed by atoms with Crippen molar-refractivity contribution in [2.45, 2.75) is 64.5 Å². The van der Waals surface area contributed by atoms with E-state index in [0.717, 1.165) is 6.26 Å². The number of rotatable bonds is 7. The van der Waals surface area contributed by atoms with Gasteiger partial charge < -0.3 is 19.4 Å². The number of carbonyl (C=O) groups excluding carboxylic acids is 1. The Morgan fingerprint density at radius 3 is 2.47 bits per heavy atom. The van der Waals surface area contributed by atoms with Crippen molar-refractivity contribution in [3.63, 3.8) is 0 Å². The molecule has 2 heterocycles. The summed E-state index contributed by atoms with van der Waals surface area (Å²) in [5.41, 5.74) is 0.348. The smallest absolute Gasteiger partial charge is 0.407 e. The second kappa shape index (κ2) is 10.1. The lowest BCUT2D eigenvalue weighted by molar-refractivity contribution is 0.0500. The molecule has 1 N–H and O–H groups in total. The maximum absolute atomic E-state index is 13.0. The van der Waals surface area contributed by atoms with Crippen LogP contribution in [0.4, 0.5) is 4.79 Å². The third kappa shape index (κ3) is 6.16. The van der Waals surface area contributed by atoms with E-state index >= 15 is 0 Å². The van der Waals surface area contributed by atoms with Crippen LogP contribution in [0.5, 0.6) is 5.75 Å². The number of sulfone groups is 1. The van der Waals surface area contributed by atoms with Crippen LogP contribution in [0.2, 0.25) is 0 Å². The van der Waals surface area contributed by atoms with Crippen molar-refractivity contribution in [3.8, 4) is 5.75 Å². The topological polar surface area (TPSA) is 117 Å². The number of benzene rings is 1. The second-order valence-electron chi connectivity index (χ2n) is 10.5. The molecule has 0 aliphatic rings. The van der Waals surface area contributed by atoms with E-state index in [1.165, 1.54) is 4.57 Å². The van der Waals surface area contributed by atoms with Gasteiger partial charge in [-0.25, -0.2) is 13.2 Å². The molecule has 3 aromatic rings. The standard InChI is InChI=1S/C26H35N3O6S/c1-15(11-16(2)28-25(31)35-26(4,5)6)14-34-21-13-20-19(12-22(21)36(8,32)33)18-9-10-27-17(3)23(18)24(30)29(20)7/h9-10,12-13,15-16H,11,14H2,1-8H3,(H,28,31). The second-order valence-corrected chi connectivity index (χ2v) is 12.5. The summed E-state index contributed by atoms with van der Waals surface area (Å²) in [6.07, 6.45) is 2.84. The number of hydrogen-bond acceptors (Lipinski definition) is 7. The molecule has 3 rings (SSSR count). The Hall–Kier alpha value is -3.14. The van der Waals surface area contributed by atoms with Crippen molar-refractivity contribution in [2.75, 3.05) is 12.9 Å². The zero-order chi connectivity index (χ0) is 27.0. The molecule has 0 saturated carbocycles. The zero-order valence-electron chi connectivity index (χ0n) is 22.1. The highest BCUT2D eigenvalue weighted by Crippen LogP contribution is 2.33. The Morgan fingerprint density at radius 2 is 1.86 bits per heavy atom. The zero-order valence-corrected chi connectivity index (χ0v) is 22.9. The van der Waals surface area contributed by atoms with E-state index in [2.05, 4.69) is 10.3 Å². The van der Waals surface area contributed by atoms with Crippen molar-refractivity contribution in [2.24, 2.45) is 13.0 Å². The summed E-state index contributed by atoms with van der Waals surface area (Å²) >= 11 is 0. The predicted molar refractivity (Wildman–Crippen MR) is 140 cm³/mol. The number of alkyl carbamates (subject to hydrolysis) is 1. The van der Waals surface area contributed by atoms with Gasteiger partial charge in [-0.2, -0.15) is 0 Å². The fourth-order valence-electron chi connectivity index (χ4n) is 4.25. The molecule has 1 aromatic carbocycles. The maximum atomic E-state index is 13.0. The van der Waals surface area contributed by atoms with Crippen molar-refractivity contribution in [1.82, 2.24) is 14.9 Å². The van der Waals surface area contributed by atoms with Gasteiger partial charge in [0.1, 0.15) is 16.2 Å². The molecule has 9 nitrogen and oxygen atoms in total. The SMILES string of the molecule is Cc1nccc2c1c(=O)n(C)c1cc(OCC(C)CC(C)NC(=O)OC(C)(C)C)c(S(C)(=O)=O)cc21. The van der Waals surface area contributed by atoms with Gasteiger partial charge in [-0.3, -0.25) is 9.78 Å².